The molecule has 0 unspecified atom stereocenters. The first-order valence-corrected chi connectivity index (χ1v) is 8.27. The van der Waals surface area contributed by atoms with Crippen LogP contribution < -0.4 is 10.1 Å². The standard InChI is InChI=1S/C17H19N3O4S/c1-17(2,3)24-12-7-5-6-11(8-12)10-18-20-16-19-15(22)13(25-16)9-14(21)23-4/h5-10H,1-4H3,(H,19,20,22)/b13-9+,18-10?. The highest BCUT2D eigenvalue weighted by molar-refractivity contribution is 8.18. The van der Waals surface area contributed by atoms with Crippen molar-refractivity contribution in [2.45, 2.75) is 26.4 Å². The van der Waals surface area contributed by atoms with Crippen molar-refractivity contribution in [1.29, 1.82) is 0 Å². The summed E-state index contributed by atoms with van der Waals surface area (Å²) in [5.41, 5.74) is 0.522. The fourth-order valence-electron chi connectivity index (χ4n) is 1.80. The van der Waals surface area contributed by atoms with E-state index in [0.717, 1.165) is 29.2 Å². The van der Waals surface area contributed by atoms with Crippen LogP contribution in [0, 0.1) is 0 Å². The van der Waals surface area contributed by atoms with Crippen molar-refractivity contribution in [3.05, 3.63) is 40.8 Å². The number of hydrogen-bond acceptors (Lipinski definition) is 7. The second-order valence-corrected chi connectivity index (χ2v) is 7.06. The number of esters is 1. The Morgan fingerprint density at radius 1 is 1.32 bits per heavy atom. The van der Waals surface area contributed by atoms with Gasteiger partial charge in [0.2, 0.25) is 0 Å². The van der Waals surface area contributed by atoms with Crippen LogP contribution in [-0.4, -0.2) is 36.0 Å². The van der Waals surface area contributed by atoms with Crippen LogP contribution in [0.5, 0.6) is 5.75 Å². The average molecular weight is 361 g/mol. The maximum Gasteiger partial charge on any atom is 0.331 e. The highest BCUT2D eigenvalue weighted by Gasteiger charge is 2.24. The van der Waals surface area contributed by atoms with Gasteiger partial charge in [0.05, 0.1) is 18.2 Å². The smallest absolute Gasteiger partial charge is 0.331 e. The Kier molecular flexibility index (Phi) is 5.97. The molecular formula is C17H19N3O4S. The summed E-state index contributed by atoms with van der Waals surface area (Å²) in [4.78, 5) is 23.1. The van der Waals surface area contributed by atoms with Gasteiger partial charge in [-0.3, -0.25) is 10.1 Å². The van der Waals surface area contributed by atoms with E-state index in [9.17, 15) is 9.59 Å². The van der Waals surface area contributed by atoms with Gasteiger partial charge in [0.25, 0.3) is 5.91 Å². The van der Waals surface area contributed by atoms with Gasteiger partial charge in [-0.1, -0.05) is 12.1 Å². The summed E-state index contributed by atoms with van der Waals surface area (Å²) in [6.45, 7) is 5.91. The molecule has 0 atom stereocenters. The number of hydrogen-bond donors (Lipinski definition) is 1. The number of nitrogens with one attached hydrogen (secondary N) is 1. The van der Waals surface area contributed by atoms with Gasteiger partial charge in [-0.15, -0.1) is 5.10 Å². The average Bonchev–Trinajstić information content (AvgIpc) is 2.85. The SMILES string of the molecule is COC(=O)/C=C1/S/C(=N\N=Cc2cccc(OC(C)(C)C)c2)NC1=O. The molecule has 0 saturated carbocycles. The largest absolute Gasteiger partial charge is 0.488 e. The fourth-order valence-corrected chi connectivity index (χ4v) is 2.54. The van der Waals surface area contributed by atoms with Crippen LogP contribution >= 0.6 is 11.8 Å². The lowest BCUT2D eigenvalue weighted by atomic mass is 10.2. The van der Waals surface area contributed by atoms with E-state index in [1.54, 1.807) is 6.21 Å². The van der Waals surface area contributed by atoms with Crippen molar-refractivity contribution in [3.63, 3.8) is 0 Å². The summed E-state index contributed by atoms with van der Waals surface area (Å²) < 4.78 is 10.3. The second-order valence-electron chi connectivity index (χ2n) is 6.02. The molecule has 132 valence electrons. The van der Waals surface area contributed by atoms with Gasteiger partial charge in [-0.25, -0.2) is 4.79 Å². The topological polar surface area (TPSA) is 89.3 Å². The first-order valence-electron chi connectivity index (χ1n) is 7.46. The molecule has 1 aromatic carbocycles. The number of ether oxygens (including phenoxy) is 2. The maximum atomic E-state index is 11.7. The first-order chi connectivity index (χ1) is 11.8. The summed E-state index contributed by atoms with van der Waals surface area (Å²) in [6.07, 6.45) is 2.66. The van der Waals surface area contributed by atoms with E-state index >= 15 is 0 Å². The number of carbonyl (C=O) groups excluding carboxylic acids is 2. The molecule has 8 heteroatoms. The molecule has 1 N–H and O–H groups in total. The molecule has 1 aliphatic heterocycles. The van der Waals surface area contributed by atoms with Crippen LogP contribution in [0.25, 0.3) is 0 Å². The van der Waals surface area contributed by atoms with Crippen molar-refractivity contribution in [2.24, 2.45) is 10.2 Å². The Labute approximate surface area is 150 Å². The minimum atomic E-state index is -0.599. The van der Waals surface area contributed by atoms with Gasteiger partial charge < -0.3 is 9.47 Å². The number of amidine groups is 1. The number of benzene rings is 1. The number of nitrogens with zero attached hydrogens (tertiary/aromatic N) is 2. The van der Waals surface area contributed by atoms with Gasteiger partial charge in [0.1, 0.15) is 11.4 Å². The van der Waals surface area contributed by atoms with Crippen molar-refractivity contribution >= 4 is 35.0 Å². The molecule has 0 bridgehead atoms. The van der Waals surface area contributed by atoms with Crippen molar-refractivity contribution in [1.82, 2.24) is 5.32 Å². The molecule has 1 amide bonds. The van der Waals surface area contributed by atoms with Crippen LogP contribution in [0.4, 0.5) is 0 Å². The Morgan fingerprint density at radius 3 is 2.76 bits per heavy atom. The lowest BCUT2D eigenvalue weighted by Crippen LogP contribution is -2.22. The number of rotatable bonds is 4. The van der Waals surface area contributed by atoms with E-state index in [4.69, 9.17) is 4.74 Å². The first kappa shape index (κ1) is 18.7. The molecule has 0 aromatic heterocycles. The van der Waals surface area contributed by atoms with Crippen molar-refractivity contribution < 1.29 is 19.1 Å². The van der Waals surface area contributed by atoms with E-state index in [0.29, 0.717) is 5.17 Å². The van der Waals surface area contributed by atoms with Gasteiger partial charge in [0, 0.05) is 6.08 Å². The van der Waals surface area contributed by atoms with Gasteiger partial charge in [-0.05, 0) is 50.2 Å². The predicted molar refractivity (Wildman–Crippen MR) is 97.7 cm³/mol. The summed E-state index contributed by atoms with van der Waals surface area (Å²) >= 11 is 1.02. The number of carbonyl (C=O) groups is 2. The third-order valence-corrected chi connectivity index (χ3v) is 3.64. The van der Waals surface area contributed by atoms with Crippen molar-refractivity contribution in [2.75, 3.05) is 7.11 Å². The summed E-state index contributed by atoms with van der Waals surface area (Å²) in [7, 11) is 1.24. The summed E-state index contributed by atoms with van der Waals surface area (Å²) in [5, 5.41) is 10.7. The molecule has 25 heavy (non-hydrogen) atoms. The molecule has 1 aliphatic rings. The van der Waals surface area contributed by atoms with Crippen LogP contribution in [0.2, 0.25) is 0 Å². The van der Waals surface area contributed by atoms with Crippen LogP contribution in [0.1, 0.15) is 26.3 Å². The van der Waals surface area contributed by atoms with Gasteiger partial charge in [-0.2, -0.15) is 5.10 Å². The van der Waals surface area contributed by atoms with Crippen LogP contribution in [-0.2, 0) is 14.3 Å². The molecule has 7 nitrogen and oxygen atoms in total. The zero-order valence-corrected chi connectivity index (χ0v) is 15.2. The van der Waals surface area contributed by atoms with Gasteiger partial charge >= 0.3 is 5.97 Å². The molecule has 0 radical (unpaired) electrons. The summed E-state index contributed by atoms with van der Waals surface area (Å²) in [5.74, 6) is -0.279. The predicted octanol–water partition coefficient (Wildman–Crippen LogP) is 2.47. The van der Waals surface area contributed by atoms with Gasteiger partial charge in [0.15, 0.2) is 5.17 Å². The maximum absolute atomic E-state index is 11.7. The monoisotopic (exact) mass is 361 g/mol. The number of methoxy groups -OCH3 is 1. The van der Waals surface area contributed by atoms with E-state index in [1.807, 2.05) is 45.0 Å². The third kappa shape index (κ3) is 6.07. The molecule has 2 rings (SSSR count). The lowest BCUT2D eigenvalue weighted by Gasteiger charge is -2.21. The minimum absolute atomic E-state index is 0.210. The number of thioether (sulfide) groups is 1. The molecule has 1 heterocycles. The fraction of sp³-hybridized carbons (Fsp3) is 0.294. The van der Waals surface area contributed by atoms with Crippen molar-refractivity contribution in [3.8, 4) is 5.75 Å². The Hall–Kier alpha value is -2.61. The lowest BCUT2D eigenvalue weighted by molar-refractivity contribution is -0.135. The Balaban J connectivity index is 2.05. The highest BCUT2D eigenvalue weighted by Crippen LogP contribution is 2.23. The second kappa shape index (κ2) is 7.98. The van der Waals surface area contributed by atoms with E-state index < -0.39 is 11.9 Å². The molecular weight excluding hydrogens is 342 g/mol. The molecule has 0 spiro atoms. The Morgan fingerprint density at radius 2 is 2.08 bits per heavy atom. The molecule has 1 aromatic rings. The van der Waals surface area contributed by atoms with Crippen LogP contribution in [0.15, 0.2) is 45.4 Å². The molecule has 1 saturated heterocycles. The van der Waals surface area contributed by atoms with Crippen LogP contribution in [0.3, 0.4) is 0 Å². The zero-order chi connectivity index (χ0) is 18.4. The zero-order valence-electron chi connectivity index (χ0n) is 14.4. The van der Waals surface area contributed by atoms with E-state index in [-0.39, 0.29) is 10.5 Å². The molecule has 1 fully saturated rings. The third-order valence-electron chi connectivity index (χ3n) is 2.74. The minimum Gasteiger partial charge on any atom is -0.488 e. The van der Waals surface area contributed by atoms with E-state index in [2.05, 4.69) is 20.3 Å². The summed E-state index contributed by atoms with van der Waals surface area (Å²) in [6, 6.07) is 7.43. The quantitative estimate of drug-likeness (QED) is 0.385. The Bertz CT molecular complexity index is 763. The normalized spacial score (nSPS) is 18.0. The van der Waals surface area contributed by atoms with E-state index in [1.165, 1.54) is 7.11 Å². The highest BCUT2D eigenvalue weighted by atomic mass is 32.2. The number of amides is 1. The molecule has 0 aliphatic carbocycles.